The minimum atomic E-state index is 0.0679. The van der Waals surface area contributed by atoms with Crippen LogP contribution in [0.1, 0.15) is 68.7 Å². The Morgan fingerprint density at radius 2 is 1.82 bits per heavy atom. The molecule has 2 N–H and O–H groups in total. The number of carbonyl (C=O) groups is 1. The summed E-state index contributed by atoms with van der Waals surface area (Å²) in [5, 5.41) is 0. The maximum atomic E-state index is 12.2. The van der Waals surface area contributed by atoms with Crippen LogP contribution in [0, 0.1) is 11.8 Å². The van der Waals surface area contributed by atoms with Crippen LogP contribution in [-0.4, -0.2) is 10.8 Å². The first-order chi connectivity index (χ1) is 10.6. The Kier molecular flexibility index (Phi) is 4.53. The van der Waals surface area contributed by atoms with E-state index in [1.165, 1.54) is 48.8 Å². The van der Waals surface area contributed by atoms with Crippen LogP contribution in [0.2, 0.25) is 0 Å². The van der Waals surface area contributed by atoms with Crippen molar-refractivity contribution in [3.63, 3.8) is 0 Å². The Hall–Kier alpha value is -1.35. The number of amides is 1. The lowest BCUT2D eigenvalue weighted by Gasteiger charge is -2.28. The largest absolute Gasteiger partial charge is 0.334 e. The second kappa shape index (κ2) is 6.41. The molecule has 2 aliphatic rings. The van der Waals surface area contributed by atoms with Gasteiger partial charge < -0.3 is 10.6 Å². The van der Waals surface area contributed by atoms with Gasteiger partial charge in [-0.2, -0.15) is 0 Å². The van der Waals surface area contributed by atoms with Gasteiger partial charge in [-0.3, -0.25) is 4.79 Å². The second-order valence-electron chi connectivity index (χ2n) is 7.30. The van der Waals surface area contributed by atoms with Gasteiger partial charge in [0.05, 0.1) is 0 Å². The lowest BCUT2D eigenvalue weighted by Crippen LogP contribution is -2.29. The number of rotatable bonds is 3. The molecule has 1 atom stereocenters. The molecule has 0 radical (unpaired) electrons. The summed E-state index contributed by atoms with van der Waals surface area (Å²) in [6.07, 6.45) is 6.52. The maximum absolute atomic E-state index is 12.2. The summed E-state index contributed by atoms with van der Waals surface area (Å²) in [7, 11) is 0. The van der Waals surface area contributed by atoms with Crippen molar-refractivity contribution >= 4 is 5.91 Å². The highest BCUT2D eigenvalue weighted by molar-refractivity contribution is 5.78. The molecule has 1 heterocycles. The lowest BCUT2D eigenvalue weighted by atomic mass is 9.81. The molecule has 22 heavy (non-hydrogen) atoms. The van der Waals surface area contributed by atoms with Crippen molar-refractivity contribution in [2.24, 2.45) is 17.6 Å². The number of carbonyl (C=O) groups excluding carboxylic acids is 1. The Balaban J connectivity index is 1.73. The molecule has 3 heteroatoms. The van der Waals surface area contributed by atoms with Crippen molar-refractivity contribution in [2.75, 3.05) is 0 Å². The van der Waals surface area contributed by atoms with E-state index in [4.69, 9.17) is 5.73 Å². The van der Waals surface area contributed by atoms with E-state index in [0.717, 1.165) is 13.1 Å². The van der Waals surface area contributed by atoms with Gasteiger partial charge in [-0.15, -0.1) is 0 Å². The molecule has 1 amide bonds. The van der Waals surface area contributed by atoms with Crippen LogP contribution in [0.15, 0.2) is 18.2 Å². The Morgan fingerprint density at radius 3 is 2.50 bits per heavy atom. The maximum Gasteiger partial charge on any atom is 0.225 e. The SMILES string of the molecule is CC(C)C(=O)N1Cc2ccc(C(N)C3CCCCC3)cc2C1. The van der Waals surface area contributed by atoms with E-state index in [9.17, 15) is 4.79 Å². The zero-order valence-corrected chi connectivity index (χ0v) is 13.8. The molecular weight excluding hydrogens is 272 g/mol. The quantitative estimate of drug-likeness (QED) is 0.923. The second-order valence-corrected chi connectivity index (χ2v) is 7.30. The van der Waals surface area contributed by atoms with Gasteiger partial charge >= 0.3 is 0 Å². The van der Waals surface area contributed by atoms with E-state index in [0.29, 0.717) is 5.92 Å². The van der Waals surface area contributed by atoms with Gasteiger partial charge in [0.2, 0.25) is 5.91 Å². The number of nitrogens with zero attached hydrogens (tertiary/aromatic N) is 1. The van der Waals surface area contributed by atoms with Crippen LogP contribution in [0.3, 0.4) is 0 Å². The van der Waals surface area contributed by atoms with Crippen molar-refractivity contribution in [1.82, 2.24) is 4.90 Å². The van der Waals surface area contributed by atoms with Gasteiger partial charge in [-0.1, -0.05) is 51.3 Å². The fraction of sp³-hybridized carbons (Fsp3) is 0.632. The number of fused-ring (bicyclic) bond motifs is 1. The van der Waals surface area contributed by atoms with E-state index >= 15 is 0 Å². The fourth-order valence-corrected chi connectivity index (χ4v) is 3.91. The summed E-state index contributed by atoms with van der Waals surface area (Å²) in [4.78, 5) is 14.1. The van der Waals surface area contributed by atoms with Crippen molar-refractivity contribution in [2.45, 2.75) is 65.1 Å². The Bertz CT molecular complexity index is 546. The van der Waals surface area contributed by atoms with Crippen LogP contribution >= 0.6 is 0 Å². The summed E-state index contributed by atoms with van der Waals surface area (Å²) in [6.45, 7) is 5.44. The normalized spacial score (nSPS) is 20.3. The molecule has 0 aromatic heterocycles. The van der Waals surface area contributed by atoms with Gasteiger partial charge in [0.15, 0.2) is 0 Å². The smallest absolute Gasteiger partial charge is 0.225 e. The molecule has 1 aromatic carbocycles. The number of benzene rings is 1. The molecule has 0 saturated heterocycles. The first-order valence-corrected chi connectivity index (χ1v) is 8.72. The first kappa shape index (κ1) is 15.5. The molecule has 1 aliphatic heterocycles. The van der Waals surface area contributed by atoms with Crippen LogP contribution in [0.4, 0.5) is 0 Å². The standard InChI is InChI=1S/C19H28N2O/c1-13(2)19(22)21-11-16-9-8-15(10-17(16)12-21)18(20)14-6-4-3-5-7-14/h8-10,13-14,18H,3-7,11-12,20H2,1-2H3. The van der Waals surface area contributed by atoms with E-state index in [1.807, 2.05) is 18.7 Å². The van der Waals surface area contributed by atoms with E-state index in [2.05, 4.69) is 18.2 Å². The molecule has 1 aromatic rings. The summed E-state index contributed by atoms with van der Waals surface area (Å²) in [5.74, 6) is 0.939. The minimum absolute atomic E-state index is 0.0679. The Labute approximate surface area is 133 Å². The zero-order chi connectivity index (χ0) is 15.7. The van der Waals surface area contributed by atoms with Crippen LogP contribution < -0.4 is 5.73 Å². The fourth-order valence-electron chi connectivity index (χ4n) is 3.91. The van der Waals surface area contributed by atoms with Crippen molar-refractivity contribution < 1.29 is 4.79 Å². The highest BCUT2D eigenvalue weighted by Gasteiger charge is 2.27. The Morgan fingerprint density at radius 1 is 1.14 bits per heavy atom. The molecule has 120 valence electrons. The van der Waals surface area contributed by atoms with Gasteiger partial charge in [-0.25, -0.2) is 0 Å². The lowest BCUT2D eigenvalue weighted by molar-refractivity contribution is -0.135. The predicted molar refractivity (Wildman–Crippen MR) is 89.0 cm³/mol. The third-order valence-corrected chi connectivity index (χ3v) is 5.30. The van der Waals surface area contributed by atoms with Crippen molar-refractivity contribution in [1.29, 1.82) is 0 Å². The van der Waals surface area contributed by atoms with Gasteiger partial charge in [0, 0.05) is 25.0 Å². The molecule has 1 aliphatic carbocycles. The average molecular weight is 300 g/mol. The summed E-state index contributed by atoms with van der Waals surface area (Å²) in [6, 6.07) is 6.77. The highest BCUT2D eigenvalue weighted by atomic mass is 16.2. The average Bonchev–Trinajstić information content (AvgIpc) is 2.97. The molecule has 0 spiro atoms. The third kappa shape index (κ3) is 3.05. The van der Waals surface area contributed by atoms with Crippen LogP contribution in [0.5, 0.6) is 0 Å². The van der Waals surface area contributed by atoms with Gasteiger partial charge in [-0.05, 0) is 35.4 Å². The van der Waals surface area contributed by atoms with Crippen LogP contribution in [0.25, 0.3) is 0 Å². The molecule has 3 rings (SSSR count). The van der Waals surface area contributed by atoms with Gasteiger partial charge in [0.25, 0.3) is 0 Å². The van der Waals surface area contributed by atoms with Crippen LogP contribution in [-0.2, 0) is 17.9 Å². The van der Waals surface area contributed by atoms with E-state index < -0.39 is 0 Å². The van der Waals surface area contributed by atoms with E-state index in [1.54, 1.807) is 0 Å². The van der Waals surface area contributed by atoms with Crippen molar-refractivity contribution in [3.05, 3.63) is 34.9 Å². The molecule has 3 nitrogen and oxygen atoms in total. The molecule has 1 unspecified atom stereocenters. The highest BCUT2D eigenvalue weighted by Crippen LogP contribution is 2.34. The van der Waals surface area contributed by atoms with Crippen molar-refractivity contribution in [3.8, 4) is 0 Å². The summed E-state index contributed by atoms with van der Waals surface area (Å²) in [5.41, 5.74) is 10.4. The molecule has 1 fully saturated rings. The predicted octanol–water partition coefficient (Wildman–Crippen LogP) is 3.76. The molecular formula is C19H28N2O. The molecule has 1 saturated carbocycles. The zero-order valence-electron chi connectivity index (χ0n) is 13.8. The summed E-state index contributed by atoms with van der Waals surface area (Å²) < 4.78 is 0. The topological polar surface area (TPSA) is 46.3 Å². The minimum Gasteiger partial charge on any atom is -0.334 e. The number of hydrogen-bond acceptors (Lipinski definition) is 2. The number of hydrogen-bond donors (Lipinski definition) is 1. The van der Waals surface area contributed by atoms with Gasteiger partial charge in [0.1, 0.15) is 0 Å². The number of nitrogens with two attached hydrogens (primary N) is 1. The monoisotopic (exact) mass is 300 g/mol. The molecule has 0 bridgehead atoms. The third-order valence-electron chi connectivity index (χ3n) is 5.30. The summed E-state index contributed by atoms with van der Waals surface area (Å²) >= 11 is 0. The first-order valence-electron chi connectivity index (χ1n) is 8.72. The van der Waals surface area contributed by atoms with E-state index in [-0.39, 0.29) is 17.9 Å².